The van der Waals surface area contributed by atoms with Crippen LogP contribution in [0.3, 0.4) is 0 Å². The molecule has 0 saturated carbocycles. The summed E-state index contributed by atoms with van der Waals surface area (Å²) in [7, 11) is -4.03. The van der Waals surface area contributed by atoms with E-state index >= 15 is 0 Å². The fourth-order valence-electron chi connectivity index (χ4n) is 1.82. The molecular weight excluding hydrogens is 334 g/mol. The van der Waals surface area contributed by atoms with Crippen LogP contribution in [-0.2, 0) is 21.3 Å². The Morgan fingerprint density at radius 2 is 1.67 bits per heavy atom. The second kappa shape index (κ2) is 8.44. The van der Waals surface area contributed by atoms with Gasteiger partial charge >= 0.3 is 5.97 Å². The van der Waals surface area contributed by atoms with Crippen LogP contribution in [0.4, 0.5) is 0 Å². The first-order chi connectivity index (χ1) is 11.1. The molecule has 2 aromatic carbocycles. The van der Waals surface area contributed by atoms with Crippen molar-refractivity contribution in [3.05, 3.63) is 59.7 Å². The lowest BCUT2D eigenvalue weighted by atomic mass is 10.1. The molecule has 0 fully saturated rings. The number of aromatic hydroxyl groups is 1. The Labute approximate surface area is 140 Å². The van der Waals surface area contributed by atoms with Crippen molar-refractivity contribution in [3.8, 4) is 5.75 Å². The van der Waals surface area contributed by atoms with Crippen LogP contribution in [0.1, 0.15) is 11.1 Å². The van der Waals surface area contributed by atoms with E-state index in [0.717, 1.165) is 5.56 Å². The van der Waals surface area contributed by atoms with E-state index in [1.165, 1.54) is 18.2 Å². The Morgan fingerprint density at radius 1 is 1.12 bits per heavy atom. The molecular formula is C16H19NO6S. The molecule has 0 aliphatic rings. The maximum atomic E-state index is 10.6. The van der Waals surface area contributed by atoms with E-state index in [1.807, 2.05) is 0 Å². The minimum absolute atomic E-state index is 0.0278. The van der Waals surface area contributed by atoms with Gasteiger partial charge in [-0.25, -0.2) is 0 Å². The van der Waals surface area contributed by atoms with Crippen molar-refractivity contribution in [3.63, 3.8) is 0 Å². The van der Waals surface area contributed by atoms with Gasteiger partial charge in [0, 0.05) is 0 Å². The molecule has 0 heterocycles. The average Bonchev–Trinajstić information content (AvgIpc) is 2.49. The van der Waals surface area contributed by atoms with Crippen LogP contribution in [0.15, 0.2) is 53.4 Å². The smallest absolute Gasteiger partial charge is 0.320 e. The molecule has 0 aromatic heterocycles. The molecule has 2 rings (SSSR count). The first kappa shape index (κ1) is 19.6. The van der Waals surface area contributed by atoms with Crippen LogP contribution in [0.2, 0.25) is 0 Å². The van der Waals surface area contributed by atoms with Crippen molar-refractivity contribution in [2.75, 3.05) is 0 Å². The molecule has 130 valence electrons. The highest BCUT2D eigenvalue weighted by Gasteiger charge is 2.11. The van der Waals surface area contributed by atoms with E-state index in [4.69, 9.17) is 20.5 Å². The first-order valence-electron chi connectivity index (χ1n) is 6.90. The monoisotopic (exact) mass is 353 g/mol. The summed E-state index contributed by atoms with van der Waals surface area (Å²) in [6.45, 7) is 1.63. The van der Waals surface area contributed by atoms with Gasteiger partial charge in [-0.05, 0) is 42.7 Å². The fourth-order valence-corrected chi connectivity index (χ4v) is 2.54. The molecule has 1 unspecified atom stereocenters. The van der Waals surface area contributed by atoms with Crippen molar-refractivity contribution in [2.45, 2.75) is 24.3 Å². The third-order valence-corrected chi connectivity index (χ3v) is 4.09. The summed E-state index contributed by atoms with van der Waals surface area (Å²) in [6.07, 6.45) is 0.273. The lowest BCUT2D eigenvalue weighted by molar-refractivity contribution is -0.138. The maximum Gasteiger partial charge on any atom is 0.320 e. The molecule has 0 aliphatic carbocycles. The van der Waals surface area contributed by atoms with Crippen LogP contribution in [0.25, 0.3) is 0 Å². The highest BCUT2D eigenvalue weighted by molar-refractivity contribution is 7.85. The van der Waals surface area contributed by atoms with Crippen molar-refractivity contribution in [2.24, 2.45) is 5.73 Å². The normalized spacial score (nSPS) is 12.0. The van der Waals surface area contributed by atoms with E-state index in [2.05, 4.69) is 0 Å². The molecule has 0 saturated heterocycles. The molecule has 0 aliphatic heterocycles. The molecule has 0 bridgehead atoms. The van der Waals surface area contributed by atoms with Gasteiger partial charge in [-0.15, -0.1) is 0 Å². The average molecular weight is 353 g/mol. The number of aryl methyl sites for hydroxylation is 1. The van der Waals surface area contributed by atoms with Gasteiger partial charge in [-0.2, -0.15) is 8.42 Å². The number of phenolic OH excluding ortho intramolecular Hbond substituents is 1. The van der Waals surface area contributed by atoms with Gasteiger partial charge in [0.2, 0.25) is 0 Å². The molecule has 24 heavy (non-hydrogen) atoms. The van der Waals surface area contributed by atoms with E-state index < -0.39 is 22.1 Å². The van der Waals surface area contributed by atoms with E-state index in [-0.39, 0.29) is 17.1 Å². The van der Waals surface area contributed by atoms with Crippen LogP contribution >= 0.6 is 0 Å². The van der Waals surface area contributed by atoms with Crippen LogP contribution in [0, 0.1) is 6.92 Å². The molecule has 8 heteroatoms. The number of hydrogen-bond acceptors (Lipinski definition) is 5. The summed E-state index contributed by atoms with van der Waals surface area (Å²) >= 11 is 0. The predicted octanol–water partition coefficient (Wildman–Crippen LogP) is 1.59. The number of phenols is 1. The summed E-state index contributed by atoms with van der Waals surface area (Å²) in [4.78, 5) is 10.4. The molecule has 2 aromatic rings. The molecule has 1 atom stereocenters. The maximum absolute atomic E-state index is 10.6. The summed E-state index contributed by atoms with van der Waals surface area (Å²) in [5.41, 5.74) is 6.67. The number of carboxylic acid groups (broad SMARTS) is 1. The van der Waals surface area contributed by atoms with Gasteiger partial charge in [-0.1, -0.05) is 30.3 Å². The summed E-state index contributed by atoms with van der Waals surface area (Å²) in [5, 5.41) is 17.5. The number of benzene rings is 2. The topological polar surface area (TPSA) is 138 Å². The number of aliphatic carboxylic acids is 1. The second-order valence-electron chi connectivity index (χ2n) is 5.06. The minimum Gasteiger partial charge on any atom is -0.508 e. The van der Waals surface area contributed by atoms with Crippen molar-refractivity contribution in [1.29, 1.82) is 0 Å². The largest absolute Gasteiger partial charge is 0.508 e. The van der Waals surface area contributed by atoms with Gasteiger partial charge < -0.3 is 15.9 Å². The van der Waals surface area contributed by atoms with Gasteiger partial charge in [0.25, 0.3) is 10.1 Å². The van der Waals surface area contributed by atoms with E-state index in [9.17, 15) is 13.2 Å². The zero-order valence-corrected chi connectivity index (χ0v) is 13.8. The molecule has 0 spiro atoms. The fraction of sp³-hybridized carbons (Fsp3) is 0.188. The van der Waals surface area contributed by atoms with Gasteiger partial charge in [0.05, 0.1) is 4.90 Å². The summed E-state index contributed by atoms with van der Waals surface area (Å²) in [6, 6.07) is 11.7. The molecule has 0 amide bonds. The standard InChI is InChI=1S/C9H11NO3.C7H8O3S/c10-8(9(12)13)5-6-1-3-7(11)4-2-6;1-6-4-2-3-5-7(6)11(8,9)10/h1-4,8,11H,5,10H2,(H,12,13);2-5H,1H3,(H,8,9,10). The zero-order chi connectivity index (χ0) is 18.3. The van der Waals surface area contributed by atoms with Crippen LogP contribution in [0.5, 0.6) is 5.75 Å². The first-order valence-corrected chi connectivity index (χ1v) is 8.34. The van der Waals surface area contributed by atoms with Crippen molar-refractivity contribution < 1.29 is 28.0 Å². The number of nitrogens with two attached hydrogens (primary N) is 1. The second-order valence-corrected chi connectivity index (χ2v) is 6.45. The summed E-state index contributed by atoms with van der Waals surface area (Å²) in [5.74, 6) is -0.860. The Balaban J connectivity index is 0.000000243. The quantitative estimate of drug-likeness (QED) is 0.612. The SMILES string of the molecule is Cc1ccccc1S(=O)(=O)O.NC(Cc1ccc(O)cc1)C(=O)O. The highest BCUT2D eigenvalue weighted by atomic mass is 32.2. The van der Waals surface area contributed by atoms with Crippen molar-refractivity contribution >= 4 is 16.1 Å². The Bertz CT molecular complexity index is 786. The molecule has 5 N–H and O–H groups in total. The lowest BCUT2D eigenvalue weighted by Crippen LogP contribution is -2.32. The minimum atomic E-state index is -4.03. The van der Waals surface area contributed by atoms with E-state index in [1.54, 1.807) is 37.3 Å². The van der Waals surface area contributed by atoms with Crippen LogP contribution < -0.4 is 5.73 Å². The Kier molecular flexibility index (Phi) is 6.90. The Hall–Kier alpha value is -2.42. The third-order valence-electron chi connectivity index (χ3n) is 3.08. The van der Waals surface area contributed by atoms with Gasteiger partial charge in [0.1, 0.15) is 11.8 Å². The highest BCUT2D eigenvalue weighted by Crippen LogP contribution is 2.12. The third kappa shape index (κ3) is 6.37. The zero-order valence-electron chi connectivity index (χ0n) is 13.0. The van der Waals surface area contributed by atoms with Crippen LogP contribution in [-0.4, -0.2) is 35.2 Å². The lowest BCUT2D eigenvalue weighted by Gasteiger charge is -2.05. The van der Waals surface area contributed by atoms with Crippen molar-refractivity contribution in [1.82, 2.24) is 0 Å². The van der Waals surface area contributed by atoms with E-state index in [0.29, 0.717) is 5.56 Å². The van der Waals surface area contributed by atoms with Gasteiger partial charge in [-0.3, -0.25) is 9.35 Å². The van der Waals surface area contributed by atoms with Gasteiger partial charge in [0.15, 0.2) is 0 Å². The number of hydrogen-bond donors (Lipinski definition) is 4. The molecule has 7 nitrogen and oxygen atoms in total. The number of carbonyl (C=O) groups is 1. The number of carboxylic acids is 1. The Morgan fingerprint density at radius 3 is 2.08 bits per heavy atom. The molecule has 0 radical (unpaired) electrons. The predicted molar refractivity (Wildman–Crippen MR) is 88.4 cm³/mol. The number of rotatable bonds is 4. The summed E-state index contributed by atoms with van der Waals surface area (Å²) < 4.78 is 29.9.